The molecule has 0 aliphatic heterocycles. The lowest BCUT2D eigenvalue weighted by molar-refractivity contribution is -0.119. The van der Waals surface area contributed by atoms with E-state index < -0.39 is 15.9 Å². The number of methoxy groups -OCH3 is 1. The van der Waals surface area contributed by atoms with Crippen LogP contribution in [-0.2, 0) is 14.8 Å². The molecule has 1 amide bonds. The average molecular weight is 483 g/mol. The van der Waals surface area contributed by atoms with Gasteiger partial charge in [-0.15, -0.1) is 0 Å². The van der Waals surface area contributed by atoms with Crippen LogP contribution in [0.1, 0.15) is 16.7 Å². The molecule has 3 aromatic rings. The number of nitrogens with zero attached hydrogens (tertiary/aromatic N) is 1. The summed E-state index contributed by atoms with van der Waals surface area (Å²) in [5, 5.41) is 2.74. The van der Waals surface area contributed by atoms with Gasteiger partial charge in [0.25, 0.3) is 10.0 Å². The maximum absolute atomic E-state index is 13.5. The fourth-order valence-corrected chi connectivity index (χ4v) is 4.89. The van der Waals surface area contributed by atoms with Crippen LogP contribution in [-0.4, -0.2) is 41.1 Å². The van der Waals surface area contributed by atoms with E-state index in [1.807, 2.05) is 39.0 Å². The van der Waals surface area contributed by atoms with Gasteiger partial charge in [-0.25, -0.2) is 8.42 Å². The molecule has 0 unspecified atom stereocenters. The fourth-order valence-electron chi connectivity index (χ4n) is 3.48. The second-order valence-electron chi connectivity index (χ2n) is 8.05. The lowest BCUT2D eigenvalue weighted by Crippen LogP contribution is -2.42. The summed E-state index contributed by atoms with van der Waals surface area (Å²) < 4.78 is 38.9. The van der Waals surface area contributed by atoms with Crippen molar-refractivity contribution in [3.8, 4) is 11.5 Å². The highest BCUT2D eigenvalue weighted by Gasteiger charge is 2.27. The molecule has 3 aromatic carbocycles. The lowest BCUT2D eigenvalue weighted by atomic mass is 10.1. The van der Waals surface area contributed by atoms with Crippen molar-refractivity contribution in [1.29, 1.82) is 0 Å². The van der Waals surface area contributed by atoms with Crippen LogP contribution < -0.4 is 19.1 Å². The minimum atomic E-state index is -3.95. The second kappa shape index (κ2) is 11.1. The molecule has 0 fully saturated rings. The van der Waals surface area contributed by atoms with Crippen molar-refractivity contribution in [3.05, 3.63) is 83.4 Å². The van der Waals surface area contributed by atoms with Crippen molar-refractivity contribution < 1.29 is 22.7 Å². The van der Waals surface area contributed by atoms with Gasteiger partial charge < -0.3 is 14.8 Å². The summed E-state index contributed by atoms with van der Waals surface area (Å²) in [7, 11) is -2.38. The van der Waals surface area contributed by atoms with Crippen LogP contribution in [0, 0.1) is 20.8 Å². The number of aryl methyl sites for hydroxylation is 3. The van der Waals surface area contributed by atoms with E-state index in [0.717, 1.165) is 21.0 Å². The summed E-state index contributed by atoms with van der Waals surface area (Å²) in [5.74, 6) is 0.864. The van der Waals surface area contributed by atoms with Crippen molar-refractivity contribution in [1.82, 2.24) is 5.32 Å². The average Bonchev–Trinajstić information content (AvgIpc) is 2.80. The number of amides is 1. The Morgan fingerprint density at radius 1 is 0.882 bits per heavy atom. The van der Waals surface area contributed by atoms with Crippen molar-refractivity contribution >= 4 is 21.6 Å². The summed E-state index contributed by atoms with van der Waals surface area (Å²) in [6.07, 6.45) is 0. The van der Waals surface area contributed by atoms with Gasteiger partial charge in [-0.2, -0.15) is 0 Å². The maximum atomic E-state index is 13.5. The van der Waals surface area contributed by atoms with Gasteiger partial charge in [0.1, 0.15) is 24.7 Å². The number of benzene rings is 3. The molecule has 0 atom stereocenters. The molecule has 3 rings (SSSR count). The summed E-state index contributed by atoms with van der Waals surface area (Å²) in [4.78, 5) is 12.9. The fraction of sp³-hybridized carbons (Fsp3) is 0.269. The van der Waals surface area contributed by atoms with Gasteiger partial charge in [-0.3, -0.25) is 9.10 Å². The van der Waals surface area contributed by atoms with Gasteiger partial charge in [0.2, 0.25) is 5.91 Å². The topological polar surface area (TPSA) is 84.9 Å². The molecular weight excluding hydrogens is 452 g/mol. The Kier molecular flexibility index (Phi) is 8.17. The number of ether oxygens (including phenoxy) is 2. The van der Waals surface area contributed by atoms with E-state index >= 15 is 0 Å². The minimum absolute atomic E-state index is 0.131. The highest BCUT2D eigenvalue weighted by Crippen LogP contribution is 2.26. The van der Waals surface area contributed by atoms with E-state index in [9.17, 15) is 13.2 Å². The molecule has 0 radical (unpaired) electrons. The third-order valence-electron chi connectivity index (χ3n) is 5.12. The Morgan fingerprint density at radius 3 is 2.18 bits per heavy atom. The van der Waals surface area contributed by atoms with Crippen LogP contribution in [0.4, 0.5) is 5.69 Å². The van der Waals surface area contributed by atoms with Crippen LogP contribution in [0.5, 0.6) is 11.5 Å². The van der Waals surface area contributed by atoms with Gasteiger partial charge in [-0.1, -0.05) is 29.8 Å². The first kappa shape index (κ1) is 25.1. The van der Waals surface area contributed by atoms with Crippen molar-refractivity contribution in [2.45, 2.75) is 25.7 Å². The van der Waals surface area contributed by atoms with Crippen molar-refractivity contribution in [2.75, 3.05) is 31.1 Å². The lowest BCUT2D eigenvalue weighted by Gasteiger charge is -2.25. The smallest absolute Gasteiger partial charge is 0.264 e. The Bertz CT molecular complexity index is 1220. The molecule has 34 heavy (non-hydrogen) atoms. The van der Waals surface area contributed by atoms with Crippen LogP contribution in [0.15, 0.2) is 71.6 Å². The Morgan fingerprint density at radius 2 is 1.53 bits per heavy atom. The molecule has 0 aromatic heterocycles. The SMILES string of the molecule is COc1cccc(OCCNC(=O)CN(c2cc(C)cc(C)c2)S(=O)(=O)c2ccc(C)cc2)c1. The van der Waals surface area contributed by atoms with Crippen LogP contribution in [0.25, 0.3) is 0 Å². The van der Waals surface area contributed by atoms with Gasteiger partial charge in [0.05, 0.1) is 24.2 Å². The number of hydrogen-bond acceptors (Lipinski definition) is 5. The van der Waals surface area contributed by atoms with E-state index in [4.69, 9.17) is 9.47 Å². The Labute approximate surface area is 201 Å². The monoisotopic (exact) mass is 482 g/mol. The van der Waals surface area contributed by atoms with E-state index in [2.05, 4.69) is 5.32 Å². The molecule has 0 bridgehead atoms. The van der Waals surface area contributed by atoms with E-state index in [1.165, 1.54) is 0 Å². The van der Waals surface area contributed by atoms with Gasteiger partial charge in [-0.05, 0) is 68.3 Å². The summed E-state index contributed by atoms with van der Waals surface area (Å²) >= 11 is 0. The zero-order valence-electron chi connectivity index (χ0n) is 19.9. The molecule has 0 heterocycles. The van der Waals surface area contributed by atoms with Crippen molar-refractivity contribution in [2.24, 2.45) is 0 Å². The number of sulfonamides is 1. The predicted octanol–water partition coefficient (Wildman–Crippen LogP) is 4.01. The Hall–Kier alpha value is -3.52. The number of anilines is 1. The normalized spacial score (nSPS) is 11.1. The number of rotatable bonds is 10. The predicted molar refractivity (Wildman–Crippen MR) is 133 cm³/mol. The standard InChI is InChI=1S/C26H30N2O5S/c1-19-8-10-25(11-9-19)34(30,31)28(22-15-20(2)14-21(3)16-22)18-26(29)27-12-13-33-24-7-5-6-23(17-24)32-4/h5-11,14-17H,12-13,18H2,1-4H3,(H,27,29). The molecule has 0 aliphatic rings. The van der Waals surface area contributed by atoms with E-state index in [0.29, 0.717) is 17.2 Å². The highest BCUT2D eigenvalue weighted by molar-refractivity contribution is 7.92. The van der Waals surface area contributed by atoms with Crippen molar-refractivity contribution in [3.63, 3.8) is 0 Å². The zero-order valence-corrected chi connectivity index (χ0v) is 20.7. The van der Waals surface area contributed by atoms with E-state index in [1.54, 1.807) is 55.6 Å². The maximum Gasteiger partial charge on any atom is 0.264 e. The van der Waals surface area contributed by atoms with Crippen LogP contribution in [0.2, 0.25) is 0 Å². The summed E-state index contributed by atoms with van der Waals surface area (Å²) in [6.45, 7) is 5.78. The molecule has 0 saturated carbocycles. The summed E-state index contributed by atoms with van der Waals surface area (Å²) in [6, 6.07) is 19.2. The first-order valence-corrected chi connectivity index (χ1v) is 12.3. The molecule has 0 aliphatic carbocycles. The molecule has 1 N–H and O–H groups in total. The molecule has 7 nitrogen and oxygen atoms in total. The Balaban J connectivity index is 1.73. The number of carbonyl (C=O) groups is 1. The highest BCUT2D eigenvalue weighted by atomic mass is 32.2. The zero-order chi connectivity index (χ0) is 24.7. The van der Waals surface area contributed by atoms with E-state index in [-0.39, 0.29) is 24.6 Å². The van der Waals surface area contributed by atoms with Crippen LogP contribution in [0.3, 0.4) is 0 Å². The first-order chi connectivity index (χ1) is 16.2. The van der Waals surface area contributed by atoms with Gasteiger partial charge >= 0.3 is 0 Å². The number of hydrogen-bond donors (Lipinski definition) is 1. The summed E-state index contributed by atoms with van der Waals surface area (Å²) in [5.41, 5.74) is 3.21. The number of nitrogens with one attached hydrogen (secondary N) is 1. The third kappa shape index (κ3) is 6.51. The second-order valence-corrected chi connectivity index (χ2v) is 9.91. The molecule has 180 valence electrons. The minimum Gasteiger partial charge on any atom is -0.497 e. The van der Waals surface area contributed by atoms with Crippen LogP contribution >= 0.6 is 0 Å². The van der Waals surface area contributed by atoms with Gasteiger partial charge in [0, 0.05) is 6.07 Å². The molecular formula is C26H30N2O5S. The molecule has 0 spiro atoms. The quantitative estimate of drug-likeness (QED) is 0.442. The van der Waals surface area contributed by atoms with Gasteiger partial charge in [0.15, 0.2) is 0 Å². The first-order valence-electron chi connectivity index (χ1n) is 10.9. The largest absolute Gasteiger partial charge is 0.497 e. The molecule has 8 heteroatoms. The number of carbonyl (C=O) groups excluding carboxylic acids is 1. The molecule has 0 saturated heterocycles. The third-order valence-corrected chi connectivity index (χ3v) is 6.91.